The van der Waals surface area contributed by atoms with Gasteiger partial charge in [0, 0.05) is 24.7 Å². The highest BCUT2D eigenvalue weighted by Crippen LogP contribution is 2.25. The molecule has 1 aliphatic carbocycles. The molecule has 1 aliphatic rings. The van der Waals surface area contributed by atoms with E-state index in [0.717, 1.165) is 36.7 Å². The number of allylic oxidation sites excluding steroid dienone is 4. The van der Waals surface area contributed by atoms with Crippen molar-refractivity contribution in [2.45, 2.75) is 31.0 Å². The number of ether oxygens (including phenoxy) is 1. The number of carbonyl (C=O) groups is 1. The van der Waals surface area contributed by atoms with Crippen LogP contribution in [0.3, 0.4) is 0 Å². The van der Waals surface area contributed by atoms with Crippen LogP contribution >= 0.6 is 23.5 Å². The van der Waals surface area contributed by atoms with Crippen LogP contribution in [0.2, 0.25) is 0 Å². The summed E-state index contributed by atoms with van der Waals surface area (Å²) in [6.45, 7) is 0.898. The third-order valence-electron chi connectivity index (χ3n) is 4.91. The van der Waals surface area contributed by atoms with Gasteiger partial charge in [-0.2, -0.15) is 0 Å². The predicted molar refractivity (Wildman–Crippen MR) is 140 cm³/mol. The molecule has 1 aromatic heterocycles. The molecule has 4 rings (SSSR count). The zero-order valence-corrected chi connectivity index (χ0v) is 20.6. The fourth-order valence-electron chi connectivity index (χ4n) is 3.19. The molecular formula is C27H30N2O2S2. The molecule has 0 aliphatic heterocycles. The number of nitrogens with zero attached hydrogens (tertiary/aromatic N) is 2. The lowest BCUT2D eigenvalue weighted by atomic mass is 10.1. The number of hydrogen-bond acceptors (Lipinski definition) is 5. The standard InChI is InChI=1S/C14H18N2O2S2.C13H12/c1-18-13(17)11-20-14-15-7-8-16(14)9-10-19-12-5-3-2-4-6-12;1-3-7-12(8-4-1)11-13-9-5-2-6-10-13/h2-3,5,7-8H,4,6,9-11H2,1H3;1-10H,11H2. The Kier molecular flexibility index (Phi) is 10.9. The molecule has 0 radical (unpaired) electrons. The van der Waals surface area contributed by atoms with Crippen LogP contribution in [-0.2, 0) is 22.5 Å². The molecule has 0 N–H and O–H groups in total. The first-order chi connectivity index (χ1) is 16.2. The van der Waals surface area contributed by atoms with Gasteiger partial charge >= 0.3 is 5.97 Å². The lowest BCUT2D eigenvalue weighted by molar-refractivity contribution is -0.137. The maximum Gasteiger partial charge on any atom is 0.316 e. The quantitative estimate of drug-likeness (QED) is 0.263. The van der Waals surface area contributed by atoms with Crippen LogP contribution in [0, 0.1) is 0 Å². The van der Waals surface area contributed by atoms with Crippen molar-refractivity contribution in [1.82, 2.24) is 9.55 Å². The fourth-order valence-corrected chi connectivity index (χ4v) is 5.00. The molecule has 0 amide bonds. The van der Waals surface area contributed by atoms with Gasteiger partial charge in [0.05, 0.1) is 12.9 Å². The van der Waals surface area contributed by atoms with Crippen LogP contribution in [-0.4, -0.2) is 34.1 Å². The van der Waals surface area contributed by atoms with Crippen LogP contribution < -0.4 is 0 Å². The summed E-state index contributed by atoms with van der Waals surface area (Å²) in [5, 5.41) is 0.869. The summed E-state index contributed by atoms with van der Waals surface area (Å²) in [5.74, 6) is 1.09. The Balaban J connectivity index is 0.000000203. The average Bonchev–Trinajstić information content (AvgIpc) is 3.32. The molecule has 0 unspecified atom stereocenters. The van der Waals surface area contributed by atoms with Crippen molar-refractivity contribution in [3.05, 3.63) is 107 Å². The first kappa shape index (κ1) is 24.9. The number of imidazole rings is 1. The number of hydrogen-bond donors (Lipinski definition) is 0. The van der Waals surface area contributed by atoms with Crippen molar-refractivity contribution >= 4 is 29.5 Å². The summed E-state index contributed by atoms with van der Waals surface area (Å²) in [4.78, 5) is 16.9. The second kappa shape index (κ2) is 14.4. The molecule has 4 nitrogen and oxygen atoms in total. The minimum atomic E-state index is -0.224. The lowest BCUT2D eigenvalue weighted by Gasteiger charge is -2.10. The number of carbonyl (C=O) groups excluding carboxylic acids is 1. The first-order valence-corrected chi connectivity index (χ1v) is 13.0. The third-order valence-corrected chi connectivity index (χ3v) is 6.99. The molecule has 0 saturated heterocycles. The molecular weight excluding hydrogens is 448 g/mol. The van der Waals surface area contributed by atoms with E-state index in [0.29, 0.717) is 5.75 Å². The van der Waals surface area contributed by atoms with E-state index in [2.05, 4.69) is 93.2 Å². The second-order valence-corrected chi connectivity index (χ2v) is 9.53. The maximum atomic E-state index is 11.1. The Morgan fingerprint density at radius 2 is 1.73 bits per heavy atom. The second-order valence-electron chi connectivity index (χ2n) is 7.36. The molecule has 6 heteroatoms. The predicted octanol–water partition coefficient (Wildman–Crippen LogP) is 6.39. The van der Waals surface area contributed by atoms with Gasteiger partial charge in [0.1, 0.15) is 0 Å². The molecule has 33 heavy (non-hydrogen) atoms. The highest BCUT2D eigenvalue weighted by atomic mass is 32.2. The van der Waals surface area contributed by atoms with E-state index < -0.39 is 0 Å². The van der Waals surface area contributed by atoms with E-state index in [4.69, 9.17) is 0 Å². The van der Waals surface area contributed by atoms with Crippen molar-refractivity contribution in [3.8, 4) is 0 Å². The Morgan fingerprint density at radius 1 is 1.03 bits per heavy atom. The summed E-state index contributed by atoms with van der Waals surface area (Å²) in [5.41, 5.74) is 2.74. The van der Waals surface area contributed by atoms with Crippen LogP contribution in [0.15, 0.2) is 101 Å². The Hall–Kier alpha value is -2.70. The van der Waals surface area contributed by atoms with Crippen LogP contribution in [0.4, 0.5) is 0 Å². The first-order valence-electron chi connectivity index (χ1n) is 11.0. The smallest absolute Gasteiger partial charge is 0.316 e. The molecule has 1 heterocycles. The lowest BCUT2D eigenvalue weighted by Crippen LogP contribution is -2.06. The highest BCUT2D eigenvalue weighted by molar-refractivity contribution is 8.03. The molecule has 172 valence electrons. The number of methoxy groups -OCH3 is 1. The van der Waals surface area contributed by atoms with Gasteiger partial charge < -0.3 is 9.30 Å². The van der Waals surface area contributed by atoms with Gasteiger partial charge in [-0.05, 0) is 35.3 Å². The maximum absolute atomic E-state index is 11.1. The van der Waals surface area contributed by atoms with Crippen molar-refractivity contribution in [2.75, 3.05) is 18.6 Å². The molecule has 0 bridgehead atoms. The summed E-state index contributed by atoms with van der Waals surface area (Å²) in [6, 6.07) is 21.1. The minimum absolute atomic E-state index is 0.224. The van der Waals surface area contributed by atoms with Gasteiger partial charge in [-0.1, -0.05) is 90.7 Å². The Bertz CT molecular complexity index is 993. The zero-order valence-electron chi connectivity index (χ0n) is 18.9. The summed E-state index contributed by atoms with van der Waals surface area (Å²) in [7, 11) is 1.40. The Morgan fingerprint density at radius 3 is 2.33 bits per heavy atom. The van der Waals surface area contributed by atoms with Gasteiger partial charge in [-0.15, -0.1) is 11.8 Å². The monoisotopic (exact) mass is 478 g/mol. The van der Waals surface area contributed by atoms with Crippen molar-refractivity contribution in [2.24, 2.45) is 0 Å². The van der Waals surface area contributed by atoms with E-state index in [9.17, 15) is 4.79 Å². The van der Waals surface area contributed by atoms with Crippen LogP contribution in [0.25, 0.3) is 0 Å². The van der Waals surface area contributed by atoms with Gasteiger partial charge in [-0.3, -0.25) is 4.79 Å². The Labute approximate surface area is 205 Å². The summed E-state index contributed by atoms with van der Waals surface area (Å²) >= 11 is 3.31. The highest BCUT2D eigenvalue weighted by Gasteiger charge is 2.08. The number of benzene rings is 2. The summed E-state index contributed by atoms with van der Waals surface area (Å²) < 4.78 is 6.72. The molecule has 0 fully saturated rings. The molecule has 0 saturated carbocycles. The van der Waals surface area contributed by atoms with E-state index >= 15 is 0 Å². The number of aryl methyl sites for hydroxylation is 1. The number of thioether (sulfide) groups is 2. The number of rotatable bonds is 9. The molecule has 0 atom stereocenters. The largest absolute Gasteiger partial charge is 0.468 e. The van der Waals surface area contributed by atoms with Gasteiger partial charge in [-0.25, -0.2) is 4.98 Å². The van der Waals surface area contributed by atoms with E-state index in [1.807, 2.05) is 18.0 Å². The number of aromatic nitrogens is 2. The van der Waals surface area contributed by atoms with E-state index in [-0.39, 0.29) is 5.97 Å². The third kappa shape index (κ3) is 9.36. The van der Waals surface area contributed by atoms with Gasteiger partial charge in [0.25, 0.3) is 0 Å². The van der Waals surface area contributed by atoms with Gasteiger partial charge in [0.15, 0.2) is 5.16 Å². The SMILES string of the molecule is COC(=O)CSc1nccn1CCSC1=CC=CCC1.c1ccc(Cc2ccccc2)cc1. The minimum Gasteiger partial charge on any atom is -0.468 e. The van der Waals surface area contributed by atoms with Crippen LogP contribution in [0.1, 0.15) is 24.0 Å². The molecule has 3 aromatic rings. The van der Waals surface area contributed by atoms with E-state index in [1.54, 1.807) is 6.20 Å². The molecule has 0 spiro atoms. The van der Waals surface area contributed by atoms with Crippen LogP contribution in [0.5, 0.6) is 0 Å². The molecule has 2 aromatic carbocycles. The summed E-state index contributed by atoms with van der Waals surface area (Å²) in [6.07, 6.45) is 13.6. The normalized spacial score (nSPS) is 12.5. The van der Waals surface area contributed by atoms with Crippen molar-refractivity contribution < 1.29 is 9.53 Å². The topological polar surface area (TPSA) is 44.1 Å². The van der Waals surface area contributed by atoms with Crippen molar-refractivity contribution in [3.63, 3.8) is 0 Å². The fraction of sp³-hybridized carbons (Fsp3) is 0.259. The average molecular weight is 479 g/mol. The van der Waals surface area contributed by atoms with Gasteiger partial charge in [0.2, 0.25) is 0 Å². The number of esters is 1. The zero-order chi connectivity index (χ0) is 23.1. The van der Waals surface area contributed by atoms with E-state index in [1.165, 1.54) is 34.9 Å². The van der Waals surface area contributed by atoms with Crippen molar-refractivity contribution in [1.29, 1.82) is 0 Å².